The zero-order valence-corrected chi connectivity index (χ0v) is 17.2. The lowest BCUT2D eigenvalue weighted by Crippen LogP contribution is -2.24. The molecule has 0 aliphatic carbocycles. The van der Waals surface area contributed by atoms with Gasteiger partial charge >= 0.3 is 0 Å². The number of carbonyl (C=O) groups excluding carboxylic acids is 1. The van der Waals surface area contributed by atoms with Crippen molar-refractivity contribution in [1.29, 1.82) is 0 Å². The van der Waals surface area contributed by atoms with Crippen molar-refractivity contribution in [3.05, 3.63) is 60.2 Å². The van der Waals surface area contributed by atoms with Crippen molar-refractivity contribution >= 4 is 31.5 Å². The maximum Gasteiger partial charge on any atom is 0.240 e. The summed E-state index contributed by atoms with van der Waals surface area (Å²) >= 11 is 0. The Balaban J connectivity index is 1.89. The predicted octanol–water partition coefficient (Wildman–Crippen LogP) is 2.32. The highest BCUT2D eigenvalue weighted by molar-refractivity contribution is 7.90. The number of rotatable bonds is 10. The number of sulfone groups is 1. The summed E-state index contributed by atoms with van der Waals surface area (Å²) in [6.07, 6.45) is 0.508. The quantitative estimate of drug-likeness (QED) is 0.608. The molecule has 0 radical (unpaired) electrons. The molecule has 0 atom stereocenters. The standard InChI is InChI=1S/C19H24N2O5S2/c1-2-13-20-28(25,26)18-10-8-17(9-11-18)21-19(22)12-14-27(23,24)15-16-6-4-3-5-7-16/h3-11,20H,2,12-15H2,1H3,(H,21,22). The molecule has 152 valence electrons. The second-order valence-electron chi connectivity index (χ2n) is 6.30. The number of benzene rings is 2. The zero-order valence-electron chi connectivity index (χ0n) is 15.6. The second kappa shape index (κ2) is 9.81. The van der Waals surface area contributed by atoms with Crippen LogP contribution < -0.4 is 10.0 Å². The van der Waals surface area contributed by atoms with Crippen molar-refractivity contribution in [2.24, 2.45) is 0 Å². The van der Waals surface area contributed by atoms with Crippen LogP contribution >= 0.6 is 0 Å². The Labute approximate surface area is 166 Å². The molecule has 2 N–H and O–H groups in total. The lowest BCUT2D eigenvalue weighted by molar-refractivity contribution is -0.115. The molecular weight excluding hydrogens is 400 g/mol. The van der Waals surface area contributed by atoms with E-state index in [0.29, 0.717) is 24.2 Å². The van der Waals surface area contributed by atoms with Gasteiger partial charge < -0.3 is 5.32 Å². The van der Waals surface area contributed by atoms with E-state index in [1.54, 1.807) is 30.3 Å². The minimum Gasteiger partial charge on any atom is -0.326 e. The molecule has 2 aromatic rings. The third-order valence-corrected chi connectivity index (χ3v) is 6.94. The highest BCUT2D eigenvalue weighted by Gasteiger charge is 2.16. The van der Waals surface area contributed by atoms with Crippen LogP contribution in [0.15, 0.2) is 59.5 Å². The van der Waals surface area contributed by atoms with Gasteiger partial charge in [0.2, 0.25) is 15.9 Å². The fraction of sp³-hybridized carbons (Fsp3) is 0.316. The topological polar surface area (TPSA) is 109 Å². The molecule has 2 aromatic carbocycles. The Bertz CT molecular complexity index is 986. The summed E-state index contributed by atoms with van der Waals surface area (Å²) in [6.45, 7) is 2.21. The largest absolute Gasteiger partial charge is 0.326 e. The first-order chi connectivity index (χ1) is 13.2. The molecule has 2 rings (SSSR count). The van der Waals surface area contributed by atoms with Gasteiger partial charge in [-0.25, -0.2) is 21.6 Å². The second-order valence-corrected chi connectivity index (χ2v) is 10.2. The summed E-state index contributed by atoms with van der Waals surface area (Å²) < 4.78 is 50.8. The van der Waals surface area contributed by atoms with Gasteiger partial charge in [-0.15, -0.1) is 0 Å². The van der Waals surface area contributed by atoms with E-state index >= 15 is 0 Å². The number of nitrogens with one attached hydrogen (secondary N) is 2. The first kappa shape index (κ1) is 22.1. The van der Waals surface area contributed by atoms with Gasteiger partial charge in [0.15, 0.2) is 9.84 Å². The van der Waals surface area contributed by atoms with Crippen molar-refractivity contribution in [3.63, 3.8) is 0 Å². The van der Waals surface area contributed by atoms with Gasteiger partial charge in [0.25, 0.3) is 0 Å². The maximum atomic E-state index is 12.1. The van der Waals surface area contributed by atoms with Gasteiger partial charge in [-0.1, -0.05) is 37.3 Å². The minimum atomic E-state index is -3.57. The number of amides is 1. The maximum absolute atomic E-state index is 12.1. The Hall–Kier alpha value is -2.23. The van der Waals surface area contributed by atoms with Crippen LogP contribution in [0.5, 0.6) is 0 Å². The van der Waals surface area contributed by atoms with Crippen LogP contribution in [0, 0.1) is 0 Å². The van der Waals surface area contributed by atoms with Gasteiger partial charge in [-0.3, -0.25) is 4.79 Å². The highest BCUT2D eigenvalue weighted by Crippen LogP contribution is 2.15. The summed E-state index contributed by atoms with van der Waals surface area (Å²) in [4.78, 5) is 12.1. The number of anilines is 1. The Kier molecular flexibility index (Phi) is 7.73. The molecule has 0 saturated heterocycles. The van der Waals surface area contributed by atoms with Crippen LogP contribution in [0.1, 0.15) is 25.3 Å². The average Bonchev–Trinajstić information content (AvgIpc) is 2.66. The van der Waals surface area contributed by atoms with E-state index in [1.165, 1.54) is 24.3 Å². The van der Waals surface area contributed by atoms with Gasteiger partial charge in [-0.2, -0.15) is 0 Å². The number of sulfonamides is 1. The van der Waals surface area contributed by atoms with Crippen molar-refractivity contribution in [3.8, 4) is 0 Å². The Morgan fingerprint density at radius 2 is 1.57 bits per heavy atom. The van der Waals surface area contributed by atoms with Crippen LogP contribution in [-0.2, 0) is 30.4 Å². The summed E-state index contributed by atoms with van der Waals surface area (Å²) in [5.41, 5.74) is 1.08. The fourth-order valence-corrected chi connectivity index (χ4v) is 4.88. The third-order valence-electron chi connectivity index (χ3n) is 3.86. The van der Waals surface area contributed by atoms with Crippen molar-refractivity contribution in [2.75, 3.05) is 17.6 Å². The summed E-state index contributed by atoms with van der Waals surface area (Å²) in [5, 5.41) is 2.58. The smallest absolute Gasteiger partial charge is 0.240 e. The van der Waals surface area contributed by atoms with Crippen LogP contribution in [0.3, 0.4) is 0 Å². The van der Waals surface area contributed by atoms with Gasteiger partial charge in [0.1, 0.15) is 0 Å². The first-order valence-electron chi connectivity index (χ1n) is 8.86. The molecule has 0 aliphatic heterocycles. The van der Waals surface area contributed by atoms with E-state index in [2.05, 4.69) is 10.0 Å². The monoisotopic (exact) mass is 424 g/mol. The van der Waals surface area contributed by atoms with Crippen molar-refractivity contribution in [1.82, 2.24) is 4.72 Å². The van der Waals surface area contributed by atoms with Crippen LogP contribution in [-0.4, -0.2) is 35.0 Å². The van der Waals surface area contributed by atoms with Gasteiger partial charge in [-0.05, 0) is 36.2 Å². The molecule has 0 fully saturated rings. The minimum absolute atomic E-state index is 0.101. The van der Waals surface area contributed by atoms with Gasteiger partial charge in [0.05, 0.1) is 16.4 Å². The highest BCUT2D eigenvalue weighted by atomic mass is 32.2. The zero-order chi connectivity index (χ0) is 20.6. The molecule has 0 spiro atoms. The number of hydrogen-bond donors (Lipinski definition) is 2. The first-order valence-corrected chi connectivity index (χ1v) is 12.2. The number of carbonyl (C=O) groups is 1. The normalized spacial score (nSPS) is 11.9. The van der Waals surface area contributed by atoms with Crippen LogP contribution in [0.4, 0.5) is 5.69 Å². The lowest BCUT2D eigenvalue weighted by atomic mass is 10.2. The molecule has 0 aromatic heterocycles. The lowest BCUT2D eigenvalue weighted by Gasteiger charge is -2.08. The molecule has 0 bridgehead atoms. The SMILES string of the molecule is CCCNS(=O)(=O)c1ccc(NC(=O)CCS(=O)(=O)Cc2ccccc2)cc1. The van der Waals surface area contributed by atoms with E-state index in [4.69, 9.17) is 0 Å². The molecular formula is C19H24N2O5S2. The molecule has 9 heteroatoms. The molecule has 7 nitrogen and oxygen atoms in total. The van der Waals surface area contributed by atoms with Crippen LogP contribution in [0.25, 0.3) is 0 Å². The number of hydrogen-bond acceptors (Lipinski definition) is 5. The molecule has 1 amide bonds. The summed E-state index contributed by atoms with van der Waals surface area (Å²) in [5.74, 6) is -0.823. The molecule has 0 saturated carbocycles. The predicted molar refractivity (Wildman–Crippen MR) is 109 cm³/mol. The van der Waals surface area contributed by atoms with E-state index < -0.39 is 25.8 Å². The molecule has 0 aliphatic rings. The molecule has 0 heterocycles. The molecule has 0 unspecified atom stereocenters. The van der Waals surface area contributed by atoms with E-state index in [9.17, 15) is 21.6 Å². The van der Waals surface area contributed by atoms with Gasteiger partial charge in [0, 0.05) is 18.7 Å². The van der Waals surface area contributed by atoms with E-state index in [0.717, 1.165) is 0 Å². The van der Waals surface area contributed by atoms with E-state index in [-0.39, 0.29) is 22.8 Å². The Morgan fingerprint density at radius 3 is 2.18 bits per heavy atom. The van der Waals surface area contributed by atoms with Crippen LogP contribution in [0.2, 0.25) is 0 Å². The fourth-order valence-electron chi connectivity index (χ4n) is 2.41. The van der Waals surface area contributed by atoms with E-state index in [1.807, 2.05) is 6.92 Å². The Morgan fingerprint density at radius 1 is 0.929 bits per heavy atom. The van der Waals surface area contributed by atoms with Crippen molar-refractivity contribution < 1.29 is 21.6 Å². The van der Waals surface area contributed by atoms with Crippen molar-refractivity contribution in [2.45, 2.75) is 30.4 Å². The average molecular weight is 425 g/mol. The third kappa shape index (κ3) is 7.06. The molecule has 28 heavy (non-hydrogen) atoms. The summed E-state index contributed by atoms with van der Waals surface area (Å²) in [7, 11) is -6.97. The summed E-state index contributed by atoms with van der Waals surface area (Å²) in [6, 6.07) is 14.5.